The number of hydrogen-bond acceptors (Lipinski definition) is 6. The maximum atomic E-state index is 12.8. The van der Waals surface area contributed by atoms with Crippen LogP contribution in [0.1, 0.15) is 79.6 Å². The van der Waals surface area contributed by atoms with Gasteiger partial charge in [0.05, 0.1) is 12.0 Å². The molecule has 0 radical (unpaired) electrons. The molecule has 2 aliphatic carbocycles. The summed E-state index contributed by atoms with van der Waals surface area (Å²) in [6.07, 6.45) is 5.30. The SMILES string of the molecule is CO[C@H]1C[C@@]2(CC[C@]3(O2)[C@@H](C)C[C@H](OC(C)=O)[C@@H]2C(C)(C)CCC[C@]23C)C(=O)O1. The summed E-state index contributed by atoms with van der Waals surface area (Å²) in [4.78, 5) is 24.7. The minimum Gasteiger partial charge on any atom is -0.462 e. The molecule has 0 unspecified atom stereocenters. The van der Waals surface area contributed by atoms with Gasteiger partial charge in [-0.2, -0.15) is 0 Å². The van der Waals surface area contributed by atoms with Crippen LogP contribution in [-0.4, -0.2) is 42.6 Å². The highest BCUT2D eigenvalue weighted by atomic mass is 16.7. The zero-order chi connectivity index (χ0) is 21.2. The Morgan fingerprint density at radius 1 is 1.14 bits per heavy atom. The molecule has 7 atom stereocenters. The Morgan fingerprint density at radius 3 is 2.48 bits per heavy atom. The van der Waals surface area contributed by atoms with E-state index >= 15 is 0 Å². The second-order valence-electron chi connectivity index (χ2n) is 10.8. The van der Waals surface area contributed by atoms with Gasteiger partial charge < -0.3 is 18.9 Å². The van der Waals surface area contributed by atoms with Gasteiger partial charge in [-0.15, -0.1) is 0 Å². The van der Waals surface area contributed by atoms with Crippen molar-refractivity contribution in [1.82, 2.24) is 0 Å². The van der Waals surface area contributed by atoms with Crippen molar-refractivity contribution in [2.75, 3.05) is 7.11 Å². The van der Waals surface area contributed by atoms with Crippen LogP contribution in [0.5, 0.6) is 0 Å². The summed E-state index contributed by atoms with van der Waals surface area (Å²) in [5, 5.41) is 0. The fourth-order valence-corrected chi connectivity index (χ4v) is 7.67. The van der Waals surface area contributed by atoms with Gasteiger partial charge in [0.15, 0.2) is 5.60 Å². The second-order valence-corrected chi connectivity index (χ2v) is 10.8. The van der Waals surface area contributed by atoms with Crippen molar-refractivity contribution in [3.8, 4) is 0 Å². The number of fused-ring (bicyclic) bond motifs is 2. The highest BCUT2D eigenvalue weighted by Crippen LogP contribution is 2.68. The number of ether oxygens (including phenoxy) is 4. The molecule has 164 valence electrons. The van der Waals surface area contributed by atoms with E-state index in [1.54, 1.807) is 7.11 Å². The van der Waals surface area contributed by atoms with Crippen molar-refractivity contribution in [2.24, 2.45) is 22.7 Å². The summed E-state index contributed by atoms with van der Waals surface area (Å²) in [6.45, 7) is 10.6. The molecule has 2 saturated carbocycles. The van der Waals surface area contributed by atoms with Gasteiger partial charge in [-0.05, 0) is 43.4 Å². The predicted octanol–water partition coefficient (Wildman–Crippen LogP) is 4.00. The second kappa shape index (κ2) is 6.68. The molecule has 4 rings (SSSR count). The van der Waals surface area contributed by atoms with E-state index < -0.39 is 17.5 Å². The Kier molecular flexibility index (Phi) is 4.86. The Balaban J connectivity index is 1.75. The molecule has 2 spiro atoms. The molecule has 4 fully saturated rings. The molecule has 2 aliphatic heterocycles. The topological polar surface area (TPSA) is 71.1 Å². The Hall–Kier alpha value is -1.14. The van der Waals surface area contributed by atoms with Crippen molar-refractivity contribution in [1.29, 1.82) is 0 Å². The third-order valence-electron chi connectivity index (χ3n) is 8.73. The first kappa shape index (κ1) is 21.1. The summed E-state index contributed by atoms with van der Waals surface area (Å²) in [7, 11) is 1.57. The maximum Gasteiger partial charge on any atom is 0.340 e. The molecule has 0 aromatic rings. The summed E-state index contributed by atoms with van der Waals surface area (Å²) < 4.78 is 23.6. The maximum absolute atomic E-state index is 12.8. The average Bonchev–Trinajstić information content (AvgIpc) is 3.15. The minimum absolute atomic E-state index is 0.0324. The molecule has 2 saturated heterocycles. The van der Waals surface area contributed by atoms with Crippen LogP contribution < -0.4 is 0 Å². The lowest BCUT2D eigenvalue weighted by atomic mass is 9.43. The quantitative estimate of drug-likeness (QED) is 0.643. The monoisotopic (exact) mass is 408 g/mol. The summed E-state index contributed by atoms with van der Waals surface area (Å²) in [5.74, 6) is -0.135. The molecule has 6 heteroatoms. The first-order chi connectivity index (χ1) is 13.5. The molecule has 0 aromatic heterocycles. The van der Waals surface area contributed by atoms with Gasteiger partial charge in [0.2, 0.25) is 6.29 Å². The normalized spacial score (nSPS) is 48.6. The first-order valence-electron chi connectivity index (χ1n) is 11.1. The average molecular weight is 409 g/mol. The van der Waals surface area contributed by atoms with Crippen molar-refractivity contribution in [3.05, 3.63) is 0 Å². The van der Waals surface area contributed by atoms with E-state index in [2.05, 4.69) is 27.7 Å². The Labute approximate surface area is 174 Å². The number of carbonyl (C=O) groups is 2. The lowest BCUT2D eigenvalue weighted by molar-refractivity contribution is -0.270. The van der Waals surface area contributed by atoms with Gasteiger partial charge in [0.1, 0.15) is 6.10 Å². The molecular formula is C23H36O6. The van der Waals surface area contributed by atoms with E-state index in [9.17, 15) is 9.59 Å². The predicted molar refractivity (Wildman–Crippen MR) is 106 cm³/mol. The highest BCUT2D eigenvalue weighted by molar-refractivity contribution is 5.82. The van der Waals surface area contributed by atoms with Crippen LogP contribution in [-0.2, 0) is 28.5 Å². The van der Waals surface area contributed by atoms with Crippen LogP contribution in [0.3, 0.4) is 0 Å². The number of hydrogen-bond donors (Lipinski definition) is 0. The molecule has 29 heavy (non-hydrogen) atoms. The van der Waals surface area contributed by atoms with Gasteiger partial charge in [-0.3, -0.25) is 4.79 Å². The number of cyclic esters (lactones) is 1. The fraction of sp³-hybridized carbons (Fsp3) is 0.913. The van der Waals surface area contributed by atoms with Crippen molar-refractivity contribution >= 4 is 11.9 Å². The number of rotatable bonds is 2. The van der Waals surface area contributed by atoms with E-state index in [-0.39, 0.29) is 40.7 Å². The highest BCUT2D eigenvalue weighted by Gasteiger charge is 2.72. The van der Waals surface area contributed by atoms with Crippen molar-refractivity contribution in [2.45, 2.75) is 103 Å². The van der Waals surface area contributed by atoms with Gasteiger partial charge >= 0.3 is 11.9 Å². The molecule has 0 N–H and O–H groups in total. The first-order valence-corrected chi connectivity index (χ1v) is 11.1. The third kappa shape index (κ3) is 2.88. The van der Waals surface area contributed by atoms with Crippen molar-refractivity contribution < 1.29 is 28.5 Å². The van der Waals surface area contributed by atoms with Gasteiger partial charge in [-0.25, -0.2) is 4.79 Å². The number of esters is 2. The number of methoxy groups -OCH3 is 1. The number of carbonyl (C=O) groups excluding carboxylic acids is 2. The van der Waals surface area contributed by atoms with Gasteiger partial charge in [0.25, 0.3) is 0 Å². The Morgan fingerprint density at radius 2 is 1.86 bits per heavy atom. The molecule has 0 aromatic carbocycles. The van der Waals surface area contributed by atoms with E-state index in [4.69, 9.17) is 18.9 Å². The van der Waals surface area contributed by atoms with Crippen LogP contribution in [0.25, 0.3) is 0 Å². The summed E-state index contributed by atoms with van der Waals surface area (Å²) in [5.41, 5.74) is -1.47. The van der Waals surface area contributed by atoms with Crippen LogP contribution >= 0.6 is 0 Å². The van der Waals surface area contributed by atoms with E-state index in [0.29, 0.717) is 12.8 Å². The standard InChI is InChI=1S/C23H36O6/c1-14-12-16(27-15(2)24)18-20(3,4)8-7-9-21(18,5)23(14)11-10-22(29-23)13-17(26-6)28-19(22)25/h14,16-18H,7-13H2,1-6H3/t14-,16-,17+,18+,21+,22-,23-/m0/s1. The van der Waals surface area contributed by atoms with Gasteiger partial charge in [0, 0.05) is 25.4 Å². The van der Waals surface area contributed by atoms with Gasteiger partial charge in [-0.1, -0.05) is 34.1 Å². The lowest BCUT2D eigenvalue weighted by Gasteiger charge is -2.65. The van der Waals surface area contributed by atoms with Crippen molar-refractivity contribution in [3.63, 3.8) is 0 Å². The zero-order valence-electron chi connectivity index (χ0n) is 18.7. The lowest BCUT2D eigenvalue weighted by Crippen LogP contribution is -2.67. The smallest absolute Gasteiger partial charge is 0.340 e. The largest absolute Gasteiger partial charge is 0.462 e. The Bertz CT molecular complexity index is 703. The fourth-order valence-electron chi connectivity index (χ4n) is 7.67. The van der Waals surface area contributed by atoms with Crippen LogP contribution in [0.15, 0.2) is 0 Å². The molecule has 2 heterocycles. The van der Waals surface area contributed by atoms with Crippen LogP contribution in [0.2, 0.25) is 0 Å². The summed E-state index contributed by atoms with van der Waals surface area (Å²) in [6, 6.07) is 0. The summed E-state index contributed by atoms with van der Waals surface area (Å²) >= 11 is 0. The molecule has 6 nitrogen and oxygen atoms in total. The van der Waals surface area contributed by atoms with E-state index in [1.807, 2.05) is 0 Å². The molecule has 0 bridgehead atoms. The van der Waals surface area contributed by atoms with E-state index in [0.717, 1.165) is 32.1 Å². The minimum atomic E-state index is -0.904. The van der Waals surface area contributed by atoms with E-state index in [1.165, 1.54) is 6.92 Å². The van der Waals surface area contributed by atoms with Crippen LogP contribution in [0, 0.1) is 22.7 Å². The molecule has 0 amide bonds. The van der Waals surface area contributed by atoms with Crippen LogP contribution in [0.4, 0.5) is 0 Å². The molecule has 4 aliphatic rings. The molecular weight excluding hydrogens is 372 g/mol. The zero-order valence-corrected chi connectivity index (χ0v) is 18.7. The third-order valence-corrected chi connectivity index (χ3v) is 8.73.